The number of nitrogens with one attached hydrogen (secondary N) is 2. The number of rotatable bonds is 3. The van der Waals surface area contributed by atoms with Crippen LogP contribution in [0.1, 0.15) is 66.4 Å². The first-order valence-corrected chi connectivity index (χ1v) is 9.87. The van der Waals surface area contributed by atoms with E-state index < -0.39 is 0 Å². The molecular formula is C22H28N4O2. The molecule has 6 heteroatoms. The molecule has 2 amide bonds. The average Bonchev–Trinajstić information content (AvgIpc) is 3.21. The minimum Gasteiger partial charge on any atom is -0.341 e. The molecule has 4 rings (SSSR count). The number of fused-ring (bicyclic) bond motifs is 2. The van der Waals surface area contributed by atoms with E-state index in [4.69, 9.17) is 0 Å². The number of aryl methyl sites for hydroxylation is 1. The summed E-state index contributed by atoms with van der Waals surface area (Å²) in [6.45, 7) is 9.65. The number of carbonyl (C=O) groups is 2. The lowest BCUT2D eigenvalue weighted by atomic mass is 9.65. The summed E-state index contributed by atoms with van der Waals surface area (Å²) in [7, 11) is 0. The number of likely N-dealkylation sites (tertiary alicyclic amines) is 1. The number of H-pyrrole nitrogens is 1. The quantitative estimate of drug-likeness (QED) is 0.844. The summed E-state index contributed by atoms with van der Waals surface area (Å²) in [5.41, 5.74) is 3.05. The minimum atomic E-state index is -0.267. The predicted octanol–water partition coefficient (Wildman–Crippen LogP) is 4.01. The van der Waals surface area contributed by atoms with E-state index in [0.29, 0.717) is 23.0 Å². The number of hydrogen-bond donors (Lipinski definition) is 2. The molecule has 0 radical (unpaired) electrons. The third-order valence-corrected chi connectivity index (χ3v) is 6.15. The monoisotopic (exact) mass is 380 g/mol. The van der Waals surface area contributed by atoms with Crippen LogP contribution in [0.15, 0.2) is 30.7 Å². The second kappa shape index (κ2) is 6.47. The fourth-order valence-corrected chi connectivity index (χ4v) is 5.32. The minimum absolute atomic E-state index is 0.0588. The van der Waals surface area contributed by atoms with E-state index in [2.05, 4.69) is 41.0 Å². The standard InChI is InChI=1S/C22H28N4O2/c1-14-5-6-15(7-17(14)25-19(27)18-10-23-13-24-18)20(28)26-12-22(4)9-16(26)8-21(2,3)11-22/h5-7,10,13,16H,8-9,11-12H2,1-4H3,(H,23,24)(H,25,27)/t16-,22-/m1/s1. The van der Waals surface area contributed by atoms with Gasteiger partial charge in [-0.05, 0) is 54.7 Å². The van der Waals surface area contributed by atoms with Crippen LogP contribution in [0.25, 0.3) is 0 Å². The van der Waals surface area contributed by atoms with Gasteiger partial charge >= 0.3 is 0 Å². The van der Waals surface area contributed by atoms with Crippen LogP contribution in [0.2, 0.25) is 0 Å². The first kappa shape index (κ1) is 18.7. The van der Waals surface area contributed by atoms with Gasteiger partial charge in [0.1, 0.15) is 5.69 Å². The van der Waals surface area contributed by atoms with Crippen LogP contribution in [-0.2, 0) is 0 Å². The Kier molecular flexibility index (Phi) is 4.32. The highest BCUT2D eigenvalue weighted by molar-refractivity contribution is 6.04. The molecule has 2 fully saturated rings. The number of hydrogen-bond acceptors (Lipinski definition) is 3. The van der Waals surface area contributed by atoms with E-state index in [1.165, 1.54) is 12.5 Å². The van der Waals surface area contributed by atoms with Crippen LogP contribution < -0.4 is 5.32 Å². The lowest BCUT2D eigenvalue weighted by Gasteiger charge is -2.39. The summed E-state index contributed by atoms with van der Waals surface area (Å²) in [5.74, 6) is -0.208. The summed E-state index contributed by atoms with van der Waals surface area (Å²) in [4.78, 5) is 34.4. The van der Waals surface area contributed by atoms with Crippen molar-refractivity contribution in [3.63, 3.8) is 0 Å². The Morgan fingerprint density at radius 3 is 2.75 bits per heavy atom. The molecule has 6 nitrogen and oxygen atoms in total. The number of benzene rings is 1. The third-order valence-electron chi connectivity index (χ3n) is 6.15. The van der Waals surface area contributed by atoms with E-state index in [9.17, 15) is 9.59 Å². The normalized spacial score (nSPS) is 25.6. The second-order valence-corrected chi connectivity index (χ2v) is 9.60. The molecular weight excluding hydrogens is 352 g/mol. The maximum absolute atomic E-state index is 13.3. The van der Waals surface area contributed by atoms with Gasteiger partial charge in [-0.2, -0.15) is 0 Å². The molecule has 2 aromatic rings. The zero-order chi connectivity index (χ0) is 20.1. The maximum atomic E-state index is 13.3. The third kappa shape index (κ3) is 3.43. The summed E-state index contributed by atoms with van der Waals surface area (Å²) < 4.78 is 0. The lowest BCUT2D eigenvalue weighted by molar-refractivity contribution is 0.0708. The van der Waals surface area contributed by atoms with Gasteiger partial charge < -0.3 is 15.2 Å². The number of imidazole rings is 1. The summed E-state index contributed by atoms with van der Waals surface area (Å²) >= 11 is 0. The number of aromatic amines is 1. The van der Waals surface area contributed by atoms with Crippen LogP contribution in [0.5, 0.6) is 0 Å². The molecule has 1 aliphatic heterocycles. The van der Waals surface area contributed by atoms with Gasteiger partial charge in [0.15, 0.2) is 0 Å². The van der Waals surface area contributed by atoms with Crippen LogP contribution in [0.4, 0.5) is 5.69 Å². The van der Waals surface area contributed by atoms with Crippen molar-refractivity contribution >= 4 is 17.5 Å². The van der Waals surface area contributed by atoms with Crippen molar-refractivity contribution in [1.82, 2.24) is 14.9 Å². The Bertz CT molecular complexity index is 919. The molecule has 1 aromatic heterocycles. The molecule has 2 heterocycles. The van der Waals surface area contributed by atoms with Crippen LogP contribution in [0, 0.1) is 17.8 Å². The molecule has 2 bridgehead atoms. The van der Waals surface area contributed by atoms with Crippen molar-refractivity contribution in [2.45, 2.75) is 53.0 Å². The molecule has 28 heavy (non-hydrogen) atoms. The van der Waals surface area contributed by atoms with Crippen LogP contribution >= 0.6 is 0 Å². The summed E-state index contributed by atoms with van der Waals surface area (Å²) in [6.07, 6.45) is 6.22. The zero-order valence-electron chi connectivity index (χ0n) is 17.0. The van der Waals surface area contributed by atoms with Crippen LogP contribution in [-0.4, -0.2) is 39.3 Å². The van der Waals surface area contributed by atoms with Crippen molar-refractivity contribution in [2.24, 2.45) is 10.8 Å². The highest BCUT2D eigenvalue weighted by Gasteiger charge is 2.51. The molecule has 0 unspecified atom stereocenters. The number of nitrogens with zero attached hydrogens (tertiary/aromatic N) is 2. The van der Waals surface area contributed by atoms with E-state index >= 15 is 0 Å². The molecule has 1 saturated carbocycles. The predicted molar refractivity (Wildman–Crippen MR) is 108 cm³/mol. The van der Waals surface area contributed by atoms with E-state index in [-0.39, 0.29) is 22.6 Å². The molecule has 2 N–H and O–H groups in total. The van der Waals surface area contributed by atoms with Gasteiger partial charge in [-0.1, -0.05) is 26.8 Å². The van der Waals surface area contributed by atoms with Crippen molar-refractivity contribution in [1.29, 1.82) is 0 Å². The van der Waals surface area contributed by atoms with Gasteiger partial charge in [0.05, 0.1) is 12.5 Å². The Balaban J connectivity index is 1.56. The number of aromatic nitrogens is 2. The summed E-state index contributed by atoms with van der Waals surface area (Å²) in [5, 5.41) is 2.88. The van der Waals surface area contributed by atoms with Gasteiger partial charge in [-0.3, -0.25) is 9.59 Å². The van der Waals surface area contributed by atoms with E-state index in [1.54, 1.807) is 6.07 Å². The molecule has 0 spiro atoms. The van der Waals surface area contributed by atoms with Crippen molar-refractivity contribution in [2.75, 3.05) is 11.9 Å². The molecule has 1 saturated heterocycles. The summed E-state index contributed by atoms with van der Waals surface area (Å²) in [6, 6.07) is 5.84. The first-order valence-electron chi connectivity index (χ1n) is 9.87. The van der Waals surface area contributed by atoms with Gasteiger partial charge in [-0.25, -0.2) is 4.98 Å². The smallest absolute Gasteiger partial charge is 0.273 e. The Labute approximate surface area is 165 Å². The molecule has 2 atom stereocenters. The maximum Gasteiger partial charge on any atom is 0.273 e. The van der Waals surface area contributed by atoms with Gasteiger partial charge in [0, 0.05) is 23.8 Å². The van der Waals surface area contributed by atoms with E-state index in [1.807, 2.05) is 19.1 Å². The Morgan fingerprint density at radius 2 is 2.04 bits per heavy atom. The first-order chi connectivity index (χ1) is 13.2. The van der Waals surface area contributed by atoms with Gasteiger partial charge in [0.25, 0.3) is 11.8 Å². The Hall–Kier alpha value is -2.63. The molecule has 1 aliphatic carbocycles. The highest BCUT2D eigenvalue weighted by Crippen LogP contribution is 2.52. The fraction of sp³-hybridized carbons (Fsp3) is 0.500. The molecule has 1 aromatic carbocycles. The number of amides is 2. The fourth-order valence-electron chi connectivity index (χ4n) is 5.32. The number of carbonyl (C=O) groups excluding carboxylic acids is 2. The number of anilines is 1. The van der Waals surface area contributed by atoms with Gasteiger partial charge in [-0.15, -0.1) is 0 Å². The average molecular weight is 380 g/mol. The van der Waals surface area contributed by atoms with Crippen LogP contribution in [0.3, 0.4) is 0 Å². The largest absolute Gasteiger partial charge is 0.341 e. The van der Waals surface area contributed by atoms with Crippen molar-refractivity contribution in [3.8, 4) is 0 Å². The van der Waals surface area contributed by atoms with Gasteiger partial charge in [0.2, 0.25) is 0 Å². The lowest BCUT2D eigenvalue weighted by Crippen LogP contribution is -2.37. The SMILES string of the molecule is Cc1ccc(C(=O)N2C[C@]3(C)C[C@H]2CC(C)(C)C3)cc1NC(=O)c1cnc[nH]1. The van der Waals surface area contributed by atoms with Crippen molar-refractivity contribution < 1.29 is 9.59 Å². The van der Waals surface area contributed by atoms with E-state index in [0.717, 1.165) is 31.4 Å². The topological polar surface area (TPSA) is 78.1 Å². The molecule has 2 aliphatic rings. The highest BCUT2D eigenvalue weighted by atomic mass is 16.2. The van der Waals surface area contributed by atoms with Crippen molar-refractivity contribution in [3.05, 3.63) is 47.5 Å². The zero-order valence-corrected chi connectivity index (χ0v) is 17.0. The molecule has 148 valence electrons. The second-order valence-electron chi connectivity index (χ2n) is 9.60. The Morgan fingerprint density at radius 1 is 1.25 bits per heavy atom.